The van der Waals surface area contributed by atoms with Crippen molar-refractivity contribution < 1.29 is 23.9 Å². The van der Waals surface area contributed by atoms with Gasteiger partial charge in [0.2, 0.25) is 5.91 Å². The van der Waals surface area contributed by atoms with Gasteiger partial charge in [-0.2, -0.15) is 0 Å². The van der Waals surface area contributed by atoms with Crippen molar-refractivity contribution in [2.75, 3.05) is 13.2 Å². The van der Waals surface area contributed by atoms with Gasteiger partial charge in [0.1, 0.15) is 0 Å². The predicted molar refractivity (Wildman–Crippen MR) is 108 cm³/mol. The molecule has 7 nitrogen and oxygen atoms in total. The number of hydrogen-bond donors (Lipinski definition) is 1. The summed E-state index contributed by atoms with van der Waals surface area (Å²) in [6.07, 6.45) is -0.0838. The average Bonchev–Trinajstić information content (AvgIpc) is 3.07. The summed E-state index contributed by atoms with van der Waals surface area (Å²) in [6.45, 7) is 1.51. The Bertz CT molecular complexity index is 941. The predicted octanol–water partition coefficient (Wildman–Crippen LogP) is 2.68. The van der Waals surface area contributed by atoms with Gasteiger partial charge in [0.15, 0.2) is 12.4 Å². The quantitative estimate of drug-likeness (QED) is 0.530. The van der Waals surface area contributed by atoms with Gasteiger partial charge < -0.3 is 4.74 Å². The second kappa shape index (κ2) is 9.00. The minimum absolute atomic E-state index is 0.00173. The van der Waals surface area contributed by atoms with Crippen LogP contribution in [0.3, 0.4) is 0 Å². The van der Waals surface area contributed by atoms with Crippen LogP contribution in [0.1, 0.15) is 32.7 Å². The zero-order valence-electron chi connectivity index (χ0n) is 15.7. The van der Waals surface area contributed by atoms with Gasteiger partial charge in [-0.1, -0.05) is 45.8 Å². The Morgan fingerprint density at radius 1 is 1.07 bits per heavy atom. The van der Waals surface area contributed by atoms with E-state index >= 15 is 0 Å². The first-order chi connectivity index (χ1) is 13.8. The van der Waals surface area contributed by atoms with E-state index in [9.17, 15) is 19.2 Å². The molecule has 8 heteroatoms. The summed E-state index contributed by atoms with van der Waals surface area (Å²) in [4.78, 5) is 48.7. The largest absolute Gasteiger partial charge is 0.457 e. The van der Waals surface area contributed by atoms with Crippen LogP contribution in [-0.4, -0.2) is 41.7 Å². The number of halogens is 1. The maximum absolute atomic E-state index is 12.3. The summed E-state index contributed by atoms with van der Waals surface area (Å²) in [7, 11) is 0. The molecule has 29 heavy (non-hydrogen) atoms. The van der Waals surface area contributed by atoms with Crippen LogP contribution in [0.5, 0.6) is 0 Å². The highest BCUT2D eigenvalue weighted by Crippen LogP contribution is 2.18. The van der Waals surface area contributed by atoms with Crippen molar-refractivity contribution in [3.8, 4) is 0 Å². The van der Waals surface area contributed by atoms with E-state index in [1.165, 1.54) is 0 Å². The average molecular weight is 459 g/mol. The van der Waals surface area contributed by atoms with Crippen molar-refractivity contribution in [2.24, 2.45) is 5.92 Å². The molecule has 1 aliphatic heterocycles. The third kappa shape index (κ3) is 5.29. The Labute approximate surface area is 176 Å². The number of ether oxygens (including phenoxy) is 1. The number of ketones is 1. The van der Waals surface area contributed by atoms with Gasteiger partial charge in [0, 0.05) is 22.0 Å². The number of benzene rings is 2. The summed E-state index contributed by atoms with van der Waals surface area (Å²) in [6, 6.07) is 13.6. The molecule has 0 radical (unpaired) electrons. The first-order valence-corrected chi connectivity index (χ1v) is 9.76. The summed E-state index contributed by atoms with van der Waals surface area (Å²) >= 11 is 3.28. The Morgan fingerprint density at radius 2 is 1.69 bits per heavy atom. The maximum Gasteiger partial charge on any atom is 0.311 e. The molecule has 1 N–H and O–H groups in total. The van der Waals surface area contributed by atoms with Crippen LogP contribution < -0.4 is 5.43 Å². The van der Waals surface area contributed by atoms with Crippen molar-refractivity contribution in [1.29, 1.82) is 0 Å². The summed E-state index contributed by atoms with van der Waals surface area (Å²) in [5.41, 5.74) is 4.36. The number of nitrogens with zero attached hydrogens (tertiary/aromatic N) is 1. The van der Waals surface area contributed by atoms with Gasteiger partial charge in [-0.25, -0.2) is 0 Å². The van der Waals surface area contributed by atoms with Crippen LogP contribution in [-0.2, 0) is 14.3 Å². The minimum Gasteiger partial charge on any atom is -0.457 e. The van der Waals surface area contributed by atoms with Gasteiger partial charge in [0.25, 0.3) is 5.91 Å². The molecule has 1 aliphatic rings. The molecular weight excluding hydrogens is 440 g/mol. The fourth-order valence-electron chi connectivity index (χ4n) is 2.84. The summed E-state index contributed by atoms with van der Waals surface area (Å²) in [5.74, 6) is -2.53. The molecule has 0 aliphatic carbocycles. The SMILES string of the molecule is Cc1ccc(C(=O)NN2CC(C(=O)OCC(=O)c3ccc(Br)cc3)CC2=O)cc1. The van der Waals surface area contributed by atoms with E-state index in [4.69, 9.17) is 4.74 Å². The third-order valence-electron chi connectivity index (χ3n) is 4.52. The van der Waals surface area contributed by atoms with E-state index in [0.29, 0.717) is 11.1 Å². The lowest BCUT2D eigenvalue weighted by molar-refractivity contribution is -0.147. The molecular formula is C21H19BrN2O5. The lowest BCUT2D eigenvalue weighted by Gasteiger charge is -2.17. The molecule has 2 aromatic rings. The standard InChI is InChI=1S/C21H19BrN2O5/c1-13-2-4-15(5-3-13)20(27)23-24-11-16(10-19(24)26)21(28)29-12-18(25)14-6-8-17(22)9-7-14/h2-9,16H,10-12H2,1H3,(H,23,27). The number of carbonyl (C=O) groups is 4. The molecule has 2 amide bonds. The second-order valence-electron chi connectivity index (χ2n) is 6.75. The number of hydrogen-bond acceptors (Lipinski definition) is 5. The van der Waals surface area contributed by atoms with Crippen molar-refractivity contribution >= 4 is 39.5 Å². The number of esters is 1. The van der Waals surface area contributed by atoms with Crippen LogP contribution in [0.15, 0.2) is 53.0 Å². The summed E-state index contributed by atoms with van der Waals surface area (Å²) < 4.78 is 5.92. The smallest absolute Gasteiger partial charge is 0.311 e. The molecule has 1 unspecified atom stereocenters. The first kappa shape index (κ1) is 20.7. The number of amides is 2. The van der Waals surface area contributed by atoms with Crippen molar-refractivity contribution in [1.82, 2.24) is 10.4 Å². The van der Waals surface area contributed by atoms with Gasteiger partial charge in [-0.3, -0.25) is 29.6 Å². The Morgan fingerprint density at radius 3 is 2.34 bits per heavy atom. The Hall–Kier alpha value is -3.00. The van der Waals surface area contributed by atoms with E-state index < -0.39 is 24.4 Å². The monoisotopic (exact) mass is 458 g/mol. The fraction of sp³-hybridized carbons (Fsp3) is 0.238. The fourth-order valence-corrected chi connectivity index (χ4v) is 3.10. The van der Waals surface area contributed by atoms with E-state index in [2.05, 4.69) is 21.4 Å². The zero-order chi connectivity index (χ0) is 21.0. The van der Waals surface area contributed by atoms with Crippen molar-refractivity contribution in [3.05, 3.63) is 69.7 Å². The number of rotatable bonds is 6. The molecule has 0 spiro atoms. The molecule has 1 heterocycles. The second-order valence-corrected chi connectivity index (χ2v) is 7.67. The van der Waals surface area contributed by atoms with E-state index in [0.717, 1.165) is 15.0 Å². The molecule has 0 aromatic heterocycles. The van der Waals surface area contributed by atoms with Gasteiger partial charge in [-0.15, -0.1) is 0 Å². The first-order valence-electron chi connectivity index (χ1n) is 8.97. The number of carbonyl (C=O) groups excluding carboxylic acids is 4. The topological polar surface area (TPSA) is 92.8 Å². The van der Waals surface area contributed by atoms with Crippen molar-refractivity contribution in [2.45, 2.75) is 13.3 Å². The minimum atomic E-state index is -0.737. The lowest BCUT2D eigenvalue weighted by Crippen LogP contribution is -2.43. The molecule has 1 fully saturated rings. The molecule has 2 aromatic carbocycles. The van der Waals surface area contributed by atoms with E-state index in [-0.39, 0.29) is 24.7 Å². The van der Waals surface area contributed by atoms with Crippen molar-refractivity contribution in [3.63, 3.8) is 0 Å². The Balaban J connectivity index is 1.51. The molecule has 0 bridgehead atoms. The zero-order valence-corrected chi connectivity index (χ0v) is 17.3. The van der Waals surface area contributed by atoms with Gasteiger partial charge >= 0.3 is 5.97 Å². The van der Waals surface area contributed by atoms with Crippen LogP contribution in [0.2, 0.25) is 0 Å². The lowest BCUT2D eigenvalue weighted by atomic mass is 10.1. The van der Waals surface area contributed by atoms with Crippen LogP contribution >= 0.6 is 15.9 Å². The van der Waals surface area contributed by atoms with Crippen LogP contribution in [0.4, 0.5) is 0 Å². The highest BCUT2D eigenvalue weighted by atomic mass is 79.9. The summed E-state index contributed by atoms with van der Waals surface area (Å²) in [5, 5.41) is 1.12. The van der Waals surface area contributed by atoms with E-state index in [1.807, 2.05) is 6.92 Å². The van der Waals surface area contributed by atoms with Crippen LogP contribution in [0, 0.1) is 12.8 Å². The molecule has 1 saturated heterocycles. The number of aryl methyl sites for hydroxylation is 1. The van der Waals surface area contributed by atoms with Gasteiger partial charge in [-0.05, 0) is 31.2 Å². The molecule has 1 atom stereocenters. The molecule has 0 saturated carbocycles. The number of hydrazine groups is 1. The maximum atomic E-state index is 12.3. The number of Topliss-reactive ketones (excluding diaryl/α,β-unsaturated/α-hetero) is 1. The third-order valence-corrected chi connectivity index (χ3v) is 5.05. The molecule has 3 rings (SSSR count). The van der Waals surface area contributed by atoms with Crippen LogP contribution in [0.25, 0.3) is 0 Å². The normalized spacial score (nSPS) is 15.9. The highest BCUT2D eigenvalue weighted by Gasteiger charge is 2.36. The highest BCUT2D eigenvalue weighted by molar-refractivity contribution is 9.10. The van der Waals surface area contributed by atoms with E-state index in [1.54, 1.807) is 48.5 Å². The van der Waals surface area contributed by atoms with Gasteiger partial charge in [0.05, 0.1) is 12.5 Å². The molecule has 150 valence electrons. The number of nitrogens with one attached hydrogen (secondary N) is 1. The Kier molecular flexibility index (Phi) is 6.43.